The van der Waals surface area contributed by atoms with Crippen LogP contribution in [0, 0.1) is 13.8 Å². The van der Waals surface area contributed by atoms with Gasteiger partial charge in [-0.3, -0.25) is 4.79 Å². The number of aryl methyl sites for hydroxylation is 2. The topological polar surface area (TPSA) is 87.8 Å². The molecule has 0 saturated carbocycles. The first-order chi connectivity index (χ1) is 11.8. The van der Waals surface area contributed by atoms with E-state index in [1.807, 2.05) is 26.0 Å². The van der Waals surface area contributed by atoms with E-state index in [4.69, 9.17) is 31.5 Å². The minimum Gasteiger partial charge on any atom is -0.493 e. The first-order valence-corrected chi connectivity index (χ1v) is 7.77. The molecule has 2 rings (SSSR count). The summed E-state index contributed by atoms with van der Waals surface area (Å²) in [4.78, 5) is 23.3. The lowest BCUT2D eigenvalue weighted by molar-refractivity contribution is -0.119. The molecule has 2 aromatic carbocycles. The standard InChI is InChI=1S/C18H18ClNO5/c1-10-4-5-14(11(2)6-10)25-18(22)12-7-13(19)17(15(8-12)23-3)24-9-16(20)21/h4-8H,9H2,1-3H3,(H2,20,21). The van der Waals surface area contributed by atoms with Gasteiger partial charge in [-0.1, -0.05) is 29.3 Å². The van der Waals surface area contributed by atoms with Crippen LogP contribution in [0.15, 0.2) is 30.3 Å². The number of methoxy groups -OCH3 is 1. The minimum absolute atomic E-state index is 0.105. The summed E-state index contributed by atoms with van der Waals surface area (Å²) < 4.78 is 15.8. The van der Waals surface area contributed by atoms with E-state index < -0.39 is 11.9 Å². The van der Waals surface area contributed by atoms with E-state index >= 15 is 0 Å². The second-order valence-corrected chi connectivity index (χ2v) is 5.81. The molecular formula is C18H18ClNO5. The number of primary amides is 1. The van der Waals surface area contributed by atoms with E-state index in [9.17, 15) is 9.59 Å². The van der Waals surface area contributed by atoms with Gasteiger partial charge in [-0.25, -0.2) is 4.79 Å². The largest absolute Gasteiger partial charge is 0.493 e. The minimum atomic E-state index is -0.656. The zero-order valence-electron chi connectivity index (χ0n) is 14.1. The molecule has 0 aliphatic heterocycles. The smallest absolute Gasteiger partial charge is 0.343 e. The summed E-state index contributed by atoms with van der Waals surface area (Å²) in [7, 11) is 1.39. The Morgan fingerprint density at radius 3 is 2.44 bits per heavy atom. The maximum absolute atomic E-state index is 12.4. The third-order valence-corrected chi connectivity index (χ3v) is 3.64. The molecular weight excluding hydrogens is 346 g/mol. The maximum Gasteiger partial charge on any atom is 0.343 e. The summed E-state index contributed by atoms with van der Waals surface area (Å²) in [5.74, 6) is -0.461. The number of carbonyl (C=O) groups is 2. The quantitative estimate of drug-likeness (QED) is 0.629. The molecule has 2 N–H and O–H groups in total. The van der Waals surface area contributed by atoms with Gasteiger partial charge in [0.2, 0.25) is 0 Å². The van der Waals surface area contributed by atoms with Crippen molar-refractivity contribution < 1.29 is 23.8 Å². The van der Waals surface area contributed by atoms with Crippen molar-refractivity contribution in [1.82, 2.24) is 0 Å². The predicted molar refractivity (Wildman–Crippen MR) is 93.6 cm³/mol. The van der Waals surface area contributed by atoms with Crippen LogP contribution in [0.5, 0.6) is 17.2 Å². The summed E-state index contributed by atoms with van der Waals surface area (Å²) in [5, 5.41) is 0.105. The molecule has 25 heavy (non-hydrogen) atoms. The van der Waals surface area contributed by atoms with Gasteiger partial charge in [-0.2, -0.15) is 0 Å². The monoisotopic (exact) mass is 363 g/mol. The molecule has 0 spiro atoms. The highest BCUT2D eigenvalue weighted by atomic mass is 35.5. The lowest BCUT2D eigenvalue weighted by atomic mass is 10.1. The second-order valence-electron chi connectivity index (χ2n) is 5.40. The van der Waals surface area contributed by atoms with Crippen LogP contribution < -0.4 is 19.9 Å². The van der Waals surface area contributed by atoms with Gasteiger partial charge in [0.1, 0.15) is 5.75 Å². The highest BCUT2D eigenvalue weighted by molar-refractivity contribution is 6.32. The molecule has 0 bridgehead atoms. The molecule has 0 aliphatic rings. The Hall–Kier alpha value is -2.73. The molecule has 132 valence electrons. The zero-order chi connectivity index (χ0) is 18.6. The number of ether oxygens (including phenoxy) is 3. The van der Waals surface area contributed by atoms with Gasteiger partial charge in [0, 0.05) is 0 Å². The SMILES string of the molecule is COc1cc(C(=O)Oc2ccc(C)cc2C)cc(Cl)c1OCC(N)=O. The lowest BCUT2D eigenvalue weighted by Gasteiger charge is -2.13. The Morgan fingerprint density at radius 2 is 1.84 bits per heavy atom. The third-order valence-electron chi connectivity index (χ3n) is 3.36. The van der Waals surface area contributed by atoms with Crippen LogP contribution in [0.1, 0.15) is 21.5 Å². The highest BCUT2D eigenvalue weighted by Gasteiger charge is 2.18. The van der Waals surface area contributed by atoms with E-state index in [-0.39, 0.29) is 28.7 Å². The number of rotatable bonds is 6. The third kappa shape index (κ3) is 4.64. The zero-order valence-corrected chi connectivity index (χ0v) is 14.8. The van der Waals surface area contributed by atoms with Gasteiger partial charge in [0.15, 0.2) is 18.1 Å². The predicted octanol–water partition coefficient (Wildman–Crippen LogP) is 3.05. The van der Waals surface area contributed by atoms with Crippen LogP contribution in [0.2, 0.25) is 5.02 Å². The first-order valence-electron chi connectivity index (χ1n) is 7.40. The number of benzene rings is 2. The number of halogens is 1. The van der Waals surface area contributed by atoms with Crippen LogP contribution in [-0.2, 0) is 4.79 Å². The van der Waals surface area contributed by atoms with Gasteiger partial charge in [0.25, 0.3) is 5.91 Å². The normalized spacial score (nSPS) is 10.2. The number of esters is 1. The number of carbonyl (C=O) groups excluding carboxylic acids is 2. The Morgan fingerprint density at radius 1 is 1.12 bits per heavy atom. The Labute approximate surface area is 150 Å². The maximum atomic E-state index is 12.4. The fraction of sp³-hybridized carbons (Fsp3) is 0.222. The number of hydrogen-bond donors (Lipinski definition) is 1. The molecule has 7 heteroatoms. The van der Waals surface area contributed by atoms with Crippen LogP contribution >= 0.6 is 11.6 Å². The van der Waals surface area contributed by atoms with Crippen LogP contribution in [0.3, 0.4) is 0 Å². The molecule has 2 aromatic rings. The van der Waals surface area contributed by atoms with Crippen molar-refractivity contribution in [3.8, 4) is 17.2 Å². The molecule has 0 unspecified atom stereocenters. The van der Waals surface area contributed by atoms with Crippen molar-refractivity contribution in [1.29, 1.82) is 0 Å². The molecule has 0 aromatic heterocycles. The molecule has 0 aliphatic carbocycles. The molecule has 0 heterocycles. The lowest BCUT2D eigenvalue weighted by Crippen LogP contribution is -2.20. The van der Waals surface area contributed by atoms with Crippen molar-refractivity contribution in [3.05, 3.63) is 52.0 Å². The van der Waals surface area contributed by atoms with E-state index in [2.05, 4.69) is 0 Å². The molecule has 0 saturated heterocycles. The summed E-state index contributed by atoms with van der Waals surface area (Å²) in [6.45, 7) is 3.44. The van der Waals surface area contributed by atoms with Gasteiger partial charge >= 0.3 is 5.97 Å². The number of hydrogen-bond acceptors (Lipinski definition) is 5. The van der Waals surface area contributed by atoms with Gasteiger partial charge in [-0.05, 0) is 37.6 Å². The van der Waals surface area contributed by atoms with E-state index in [1.165, 1.54) is 19.2 Å². The molecule has 0 radical (unpaired) electrons. The number of nitrogens with two attached hydrogens (primary N) is 1. The summed E-state index contributed by atoms with van der Waals surface area (Å²) >= 11 is 6.13. The van der Waals surface area contributed by atoms with E-state index in [1.54, 1.807) is 6.07 Å². The van der Waals surface area contributed by atoms with Crippen molar-refractivity contribution in [2.75, 3.05) is 13.7 Å². The van der Waals surface area contributed by atoms with Crippen LogP contribution in [-0.4, -0.2) is 25.6 Å². The molecule has 0 fully saturated rings. The molecule has 0 atom stereocenters. The van der Waals surface area contributed by atoms with Crippen molar-refractivity contribution >= 4 is 23.5 Å². The fourth-order valence-corrected chi connectivity index (χ4v) is 2.46. The van der Waals surface area contributed by atoms with Crippen LogP contribution in [0.4, 0.5) is 0 Å². The summed E-state index contributed by atoms with van der Waals surface area (Å²) in [5.41, 5.74) is 7.15. The second kappa shape index (κ2) is 7.90. The average Bonchev–Trinajstić information content (AvgIpc) is 2.55. The Bertz CT molecular complexity index is 819. The summed E-state index contributed by atoms with van der Waals surface area (Å²) in [6.07, 6.45) is 0. The summed E-state index contributed by atoms with van der Waals surface area (Å²) in [6, 6.07) is 8.30. The van der Waals surface area contributed by atoms with Gasteiger partial charge < -0.3 is 19.9 Å². The molecule has 6 nitrogen and oxygen atoms in total. The van der Waals surface area contributed by atoms with Gasteiger partial charge in [-0.15, -0.1) is 0 Å². The van der Waals surface area contributed by atoms with E-state index in [0.29, 0.717) is 5.75 Å². The Kier molecular flexibility index (Phi) is 5.88. The molecule has 1 amide bonds. The van der Waals surface area contributed by atoms with Crippen LogP contribution in [0.25, 0.3) is 0 Å². The average molecular weight is 364 g/mol. The van der Waals surface area contributed by atoms with Crippen molar-refractivity contribution in [2.24, 2.45) is 5.73 Å². The fourth-order valence-electron chi connectivity index (χ4n) is 2.19. The highest BCUT2D eigenvalue weighted by Crippen LogP contribution is 2.36. The van der Waals surface area contributed by atoms with Gasteiger partial charge in [0.05, 0.1) is 17.7 Å². The van der Waals surface area contributed by atoms with Crippen molar-refractivity contribution in [3.63, 3.8) is 0 Å². The Balaban J connectivity index is 2.27. The number of amides is 1. The first kappa shape index (κ1) is 18.6. The van der Waals surface area contributed by atoms with Crippen molar-refractivity contribution in [2.45, 2.75) is 13.8 Å². The van der Waals surface area contributed by atoms with E-state index in [0.717, 1.165) is 11.1 Å².